The van der Waals surface area contributed by atoms with E-state index in [2.05, 4.69) is 55.5 Å². The van der Waals surface area contributed by atoms with Crippen LogP contribution < -0.4 is 0 Å². The summed E-state index contributed by atoms with van der Waals surface area (Å²) in [4.78, 5) is 12.4. The molecule has 0 heterocycles. The zero-order chi connectivity index (χ0) is 15.6. The van der Waals surface area contributed by atoms with Gasteiger partial charge in [0.05, 0.1) is 0 Å². The summed E-state index contributed by atoms with van der Waals surface area (Å²) in [5.41, 5.74) is 3.13. The minimum absolute atomic E-state index is 0.102. The van der Waals surface area contributed by atoms with Crippen molar-refractivity contribution >= 4 is 40.0 Å². The molecule has 0 saturated heterocycles. The van der Waals surface area contributed by atoms with Crippen molar-refractivity contribution in [2.24, 2.45) is 0 Å². The van der Waals surface area contributed by atoms with Gasteiger partial charge in [0.25, 0.3) is 0 Å². The summed E-state index contributed by atoms with van der Waals surface area (Å²) < 4.78 is 0.938. The van der Waals surface area contributed by atoms with Gasteiger partial charge in [-0.15, -0.1) is 0 Å². The highest BCUT2D eigenvalue weighted by Crippen LogP contribution is 2.23. The van der Waals surface area contributed by atoms with E-state index in [9.17, 15) is 4.79 Å². The van der Waals surface area contributed by atoms with Crippen molar-refractivity contribution in [1.29, 1.82) is 0 Å². The highest BCUT2D eigenvalue weighted by Gasteiger charge is 2.15. The van der Waals surface area contributed by atoms with Gasteiger partial charge < -0.3 is 0 Å². The first kappa shape index (κ1) is 16.5. The monoisotopic (exact) mass is 412 g/mol. The quantitative estimate of drug-likeness (QED) is 0.469. The van der Waals surface area contributed by atoms with Crippen LogP contribution >= 0.6 is 34.2 Å². The van der Waals surface area contributed by atoms with Crippen molar-refractivity contribution in [3.05, 3.63) is 67.7 Å². The van der Waals surface area contributed by atoms with Crippen LogP contribution in [0.25, 0.3) is 0 Å². The Morgan fingerprint density at radius 3 is 2.29 bits per heavy atom. The molecule has 2 rings (SSSR count). The Balaban J connectivity index is 2.18. The molecule has 2 aromatic rings. The Kier molecular flexibility index (Phi) is 5.10. The van der Waals surface area contributed by atoms with E-state index < -0.39 is 0 Å². The lowest BCUT2D eigenvalue weighted by Crippen LogP contribution is -2.11. The second-order valence-electron chi connectivity index (χ2n) is 6.17. The molecule has 0 bridgehead atoms. The molecule has 0 aliphatic carbocycles. The summed E-state index contributed by atoms with van der Waals surface area (Å²) in [6.45, 7) is 6.55. The number of Topliss-reactive ketones (excluding diaryl/α,β-unsaturated/α-hetero) is 1. The third-order valence-corrected chi connectivity index (χ3v) is 4.59. The summed E-state index contributed by atoms with van der Waals surface area (Å²) in [5.74, 6) is 0.102. The number of carbonyl (C=O) groups excluding carboxylic acids is 1. The number of ketones is 1. The molecule has 3 heteroatoms. The van der Waals surface area contributed by atoms with E-state index in [-0.39, 0.29) is 11.2 Å². The van der Waals surface area contributed by atoms with Gasteiger partial charge >= 0.3 is 0 Å². The fraction of sp³-hybridized carbons (Fsp3) is 0.278. The fourth-order valence-electron chi connectivity index (χ4n) is 2.11. The normalized spacial score (nSPS) is 11.5. The molecule has 0 unspecified atom stereocenters. The van der Waals surface area contributed by atoms with Crippen LogP contribution in [-0.4, -0.2) is 5.78 Å². The molecule has 0 saturated carbocycles. The van der Waals surface area contributed by atoms with Crippen molar-refractivity contribution in [3.8, 4) is 0 Å². The Morgan fingerprint density at radius 2 is 1.71 bits per heavy atom. The first-order valence-electron chi connectivity index (χ1n) is 6.85. The molecule has 0 spiro atoms. The van der Waals surface area contributed by atoms with Crippen molar-refractivity contribution in [2.75, 3.05) is 0 Å². The van der Waals surface area contributed by atoms with Crippen LogP contribution in [0.5, 0.6) is 0 Å². The van der Waals surface area contributed by atoms with Crippen LogP contribution in [0.3, 0.4) is 0 Å². The summed E-state index contributed by atoms with van der Waals surface area (Å²) >= 11 is 8.15. The van der Waals surface area contributed by atoms with Gasteiger partial charge in [-0.3, -0.25) is 4.79 Å². The van der Waals surface area contributed by atoms with Gasteiger partial charge in [0, 0.05) is 20.6 Å². The molecule has 0 fully saturated rings. The second kappa shape index (κ2) is 6.49. The number of rotatable bonds is 3. The Bertz CT molecular complexity index is 654. The molecule has 2 aromatic carbocycles. The van der Waals surface area contributed by atoms with Gasteiger partial charge in [-0.2, -0.15) is 0 Å². The molecule has 1 nitrogen and oxygen atoms in total. The van der Waals surface area contributed by atoms with Crippen LogP contribution in [-0.2, 0) is 11.8 Å². The minimum atomic E-state index is 0.102. The first-order chi connectivity index (χ1) is 9.77. The van der Waals surface area contributed by atoms with Crippen molar-refractivity contribution in [1.82, 2.24) is 0 Å². The average molecular weight is 413 g/mol. The molecule has 0 aromatic heterocycles. The second-order valence-corrected chi connectivity index (χ2v) is 7.77. The first-order valence-corrected chi connectivity index (χ1v) is 8.31. The molecule has 0 N–H and O–H groups in total. The predicted molar refractivity (Wildman–Crippen MR) is 97.3 cm³/mol. The van der Waals surface area contributed by atoms with E-state index in [1.807, 2.05) is 18.2 Å². The van der Waals surface area contributed by atoms with Crippen LogP contribution in [0.2, 0.25) is 5.02 Å². The molecular weight excluding hydrogens is 395 g/mol. The number of carbonyl (C=O) groups is 1. The number of hydrogen-bond acceptors (Lipinski definition) is 1. The zero-order valence-corrected chi connectivity index (χ0v) is 15.3. The highest BCUT2D eigenvalue weighted by molar-refractivity contribution is 14.1. The molecule has 0 atom stereocenters. The SMILES string of the molecule is CC(C)(C)c1ccc(CC(=O)c2cc(Cl)ccc2I)cc1. The number of halogens is 2. The molecule has 21 heavy (non-hydrogen) atoms. The third kappa shape index (κ3) is 4.30. The van der Waals surface area contributed by atoms with Gasteiger partial charge in [-0.05, 0) is 57.3 Å². The van der Waals surface area contributed by atoms with Gasteiger partial charge in [0.15, 0.2) is 5.78 Å². The summed E-state index contributed by atoms with van der Waals surface area (Å²) in [5, 5.41) is 0.599. The molecule has 110 valence electrons. The predicted octanol–water partition coefficient (Wildman–Crippen LogP) is 5.67. The Hall–Kier alpha value is -0.870. The van der Waals surface area contributed by atoms with E-state index in [0.29, 0.717) is 17.0 Å². The van der Waals surface area contributed by atoms with Crippen molar-refractivity contribution < 1.29 is 4.79 Å². The molecular formula is C18H18ClIO. The maximum Gasteiger partial charge on any atom is 0.168 e. The van der Waals surface area contributed by atoms with E-state index in [4.69, 9.17) is 11.6 Å². The van der Waals surface area contributed by atoms with Crippen LogP contribution in [0, 0.1) is 3.57 Å². The lowest BCUT2D eigenvalue weighted by molar-refractivity contribution is 0.0992. The number of hydrogen-bond donors (Lipinski definition) is 0. The van der Waals surface area contributed by atoms with Gasteiger partial charge in [0.2, 0.25) is 0 Å². The molecule has 0 aliphatic rings. The summed E-state index contributed by atoms with van der Waals surface area (Å²) in [6.07, 6.45) is 0.404. The minimum Gasteiger partial charge on any atom is -0.294 e. The highest BCUT2D eigenvalue weighted by atomic mass is 127. The van der Waals surface area contributed by atoms with Crippen LogP contribution in [0.15, 0.2) is 42.5 Å². The van der Waals surface area contributed by atoms with Crippen LogP contribution in [0.4, 0.5) is 0 Å². The number of benzene rings is 2. The largest absolute Gasteiger partial charge is 0.294 e. The Labute approximate surface area is 144 Å². The summed E-state index contributed by atoms with van der Waals surface area (Å²) in [7, 11) is 0. The molecule has 0 aliphatic heterocycles. The smallest absolute Gasteiger partial charge is 0.168 e. The molecule has 0 amide bonds. The van der Waals surface area contributed by atoms with E-state index in [1.165, 1.54) is 5.56 Å². The standard InChI is InChI=1S/C18H18ClIO/c1-18(2,3)13-6-4-12(5-7-13)10-17(21)15-11-14(19)8-9-16(15)20/h4-9,11H,10H2,1-3H3. The Morgan fingerprint density at radius 1 is 1.10 bits per heavy atom. The lowest BCUT2D eigenvalue weighted by Gasteiger charge is -2.19. The fourth-order valence-corrected chi connectivity index (χ4v) is 2.92. The maximum absolute atomic E-state index is 12.4. The van der Waals surface area contributed by atoms with Gasteiger partial charge in [0.1, 0.15) is 0 Å². The topological polar surface area (TPSA) is 17.1 Å². The van der Waals surface area contributed by atoms with Crippen molar-refractivity contribution in [2.45, 2.75) is 32.6 Å². The van der Waals surface area contributed by atoms with E-state index in [0.717, 1.165) is 9.13 Å². The summed E-state index contributed by atoms with van der Waals surface area (Å²) in [6, 6.07) is 13.7. The van der Waals surface area contributed by atoms with Crippen molar-refractivity contribution in [3.63, 3.8) is 0 Å². The third-order valence-electron chi connectivity index (χ3n) is 3.41. The lowest BCUT2D eigenvalue weighted by atomic mass is 9.86. The van der Waals surface area contributed by atoms with E-state index >= 15 is 0 Å². The van der Waals surface area contributed by atoms with Gasteiger partial charge in [-0.1, -0.05) is 56.6 Å². The average Bonchev–Trinajstić information content (AvgIpc) is 2.41. The van der Waals surface area contributed by atoms with Gasteiger partial charge in [-0.25, -0.2) is 0 Å². The molecule has 0 radical (unpaired) electrons. The maximum atomic E-state index is 12.4. The zero-order valence-electron chi connectivity index (χ0n) is 12.4. The van der Waals surface area contributed by atoms with Crippen LogP contribution in [0.1, 0.15) is 42.3 Å². The van der Waals surface area contributed by atoms with E-state index in [1.54, 1.807) is 12.1 Å².